The molecule has 2 rings (SSSR count). The molecule has 19 heavy (non-hydrogen) atoms. The Morgan fingerprint density at radius 1 is 1.37 bits per heavy atom. The number of ether oxygens (including phenoxy) is 2. The van der Waals surface area contributed by atoms with Crippen molar-refractivity contribution in [3.63, 3.8) is 0 Å². The SMILES string of the molecule is COc1ccc(C(C(C)N)N2CCOC(C)C2)cc1. The van der Waals surface area contributed by atoms with Gasteiger partial charge in [-0.15, -0.1) is 0 Å². The summed E-state index contributed by atoms with van der Waals surface area (Å²) in [4.78, 5) is 2.42. The molecule has 0 radical (unpaired) electrons. The highest BCUT2D eigenvalue weighted by molar-refractivity contribution is 5.30. The molecule has 1 aromatic rings. The van der Waals surface area contributed by atoms with E-state index in [-0.39, 0.29) is 18.2 Å². The Morgan fingerprint density at radius 3 is 2.58 bits per heavy atom. The highest BCUT2D eigenvalue weighted by atomic mass is 16.5. The van der Waals surface area contributed by atoms with E-state index in [0.29, 0.717) is 0 Å². The molecule has 0 amide bonds. The number of benzene rings is 1. The lowest BCUT2D eigenvalue weighted by molar-refractivity contribution is -0.0376. The number of methoxy groups -OCH3 is 1. The van der Waals surface area contributed by atoms with E-state index in [4.69, 9.17) is 15.2 Å². The van der Waals surface area contributed by atoms with Gasteiger partial charge >= 0.3 is 0 Å². The maximum Gasteiger partial charge on any atom is 0.118 e. The number of rotatable bonds is 4. The average Bonchev–Trinajstić information content (AvgIpc) is 2.39. The summed E-state index contributed by atoms with van der Waals surface area (Å²) in [5.41, 5.74) is 7.44. The largest absolute Gasteiger partial charge is 0.497 e. The second-order valence-corrected chi connectivity index (χ2v) is 5.25. The van der Waals surface area contributed by atoms with Crippen LogP contribution in [0.15, 0.2) is 24.3 Å². The minimum Gasteiger partial charge on any atom is -0.497 e. The van der Waals surface area contributed by atoms with Crippen LogP contribution in [-0.4, -0.2) is 43.9 Å². The van der Waals surface area contributed by atoms with E-state index in [1.54, 1.807) is 7.11 Å². The molecule has 1 aliphatic rings. The second kappa shape index (κ2) is 6.37. The van der Waals surface area contributed by atoms with Gasteiger partial charge in [0.25, 0.3) is 0 Å². The average molecular weight is 264 g/mol. The molecule has 4 heteroatoms. The minimum absolute atomic E-state index is 0.0821. The molecular formula is C15H24N2O2. The maximum atomic E-state index is 6.20. The molecule has 0 spiro atoms. The smallest absolute Gasteiger partial charge is 0.118 e. The number of hydrogen-bond acceptors (Lipinski definition) is 4. The van der Waals surface area contributed by atoms with Gasteiger partial charge in [-0.05, 0) is 31.5 Å². The van der Waals surface area contributed by atoms with Gasteiger partial charge in [-0.1, -0.05) is 12.1 Å². The van der Waals surface area contributed by atoms with E-state index in [1.807, 2.05) is 12.1 Å². The third-order valence-corrected chi connectivity index (χ3v) is 3.62. The summed E-state index contributed by atoms with van der Waals surface area (Å²) in [5, 5.41) is 0. The van der Waals surface area contributed by atoms with Gasteiger partial charge in [0.05, 0.1) is 19.8 Å². The highest BCUT2D eigenvalue weighted by Gasteiger charge is 2.28. The zero-order valence-electron chi connectivity index (χ0n) is 12.0. The third kappa shape index (κ3) is 3.47. The van der Waals surface area contributed by atoms with Crippen molar-refractivity contribution in [1.29, 1.82) is 0 Å². The standard InChI is InChI=1S/C15H24N2O2/c1-11-10-17(8-9-19-11)15(12(2)16)13-4-6-14(18-3)7-5-13/h4-7,11-12,15H,8-10,16H2,1-3H3. The van der Waals surface area contributed by atoms with E-state index in [1.165, 1.54) is 5.56 Å². The van der Waals surface area contributed by atoms with Crippen LogP contribution in [0.2, 0.25) is 0 Å². The van der Waals surface area contributed by atoms with E-state index >= 15 is 0 Å². The quantitative estimate of drug-likeness (QED) is 0.901. The molecular weight excluding hydrogens is 240 g/mol. The van der Waals surface area contributed by atoms with Gasteiger partial charge < -0.3 is 15.2 Å². The van der Waals surface area contributed by atoms with Crippen molar-refractivity contribution < 1.29 is 9.47 Å². The first kappa shape index (κ1) is 14.3. The molecule has 0 bridgehead atoms. The lowest BCUT2D eigenvalue weighted by Gasteiger charge is -2.39. The highest BCUT2D eigenvalue weighted by Crippen LogP contribution is 2.27. The van der Waals surface area contributed by atoms with Crippen LogP contribution in [0.5, 0.6) is 5.75 Å². The molecule has 106 valence electrons. The van der Waals surface area contributed by atoms with Gasteiger partial charge in [-0.2, -0.15) is 0 Å². The van der Waals surface area contributed by atoms with Gasteiger partial charge in [-0.25, -0.2) is 0 Å². The molecule has 0 saturated carbocycles. The number of hydrogen-bond donors (Lipinski definition) is 1. The maximum absolute atomic E-state index is 6.20. The zero-order valence-corrected chi connectivity index (χ0v) is 12.0. The number of nitrogens with zero attached hydrogens (tertiary/aromatic N) is 1. The van der Waals surface area contributed by atoms with Gasteiger partial charge in [0, 0.05) is 25.2 Å². The molecule has 2 N–H and O–H groups in total. The Hall–Kier alpha value is -1.10. The van der Waals surface area contributed by atoms with Crippen molar-refractivity contribution in [2.75, 3.05) is 26.8 Å². The monoisotopic (exact) mass is 264 g/mol. The van der Waals surface area contributed by atoms with Crippen molar-refractivity contribution in [1.82, 2.24) is 4.90 Å². The van der Waals surface area contributed by atoms with Crippen LogP contribution in [0.25, 0.3) is 0 Å². The number of nitrogens with two attached hydrogens (primary N) is 1. The van der Waals surface area contributed by atoms with Crippen LogP contribution < -0.4 is 10.5 Å². The normalized spacial score (nSPS) is 23.9. The predicted molar refractivity (Wildman–Crippen MR) is 76.4 cm³/mol. The van der Waals surface area contributed by atoms with Crippen LogP contribution in [0.3, 0.4) is 0 Å². The van der Waals surface area contributed by atoms with Gasteiger partial charge in [-0.3, -0.25) is 4.90 Å². The van der Waals surface area contributed by atoms with Crippen LogP contribution in [0, 0.1) is 0 Å². The fourth-order valence-corrected chi connectivity index (χ4v) is 2.75. The molecule has 4 nitrogen and oxygen atoms in total. The first-order chi connectivity index (χ1) is 9.11. The lowest BCUT2D eigenvalue weighted by atomic mass is 9.98. The first-order valence-corrected chi connectivity index (χ1v) is 6.87. The van der Waals surface area contributed by atoms with Crippen molar-refractivity contribution >= 4 is 0 Å². The molecule has 1 heterocycles. The number of morpholine rings is 1. The Labute approximate surface area is 115 Å². The third-order valence-electron chi connectivity index (χ3n) is 3.62. The van der Waals surface area contributed by atoms with Crippen LogP contribution in [0.4, 0.5) is 0 Å². The van der Waals surface area contributed by atoms with Crippen molar-refractivity contribution in [2.24, 2.45) is 5.73 Å². The predicted octanol–water partition coefficient (Wildman–Crippen LogP) is 1.80. The summed E-state index contributed by atoms with van der Waals surface area (Å²) < 4.78 is 10.8. The van der Waals surface area contributed by atoms with Crippen molar-refractivity contribution in [3.05, 3.63) is 29.8 Å². The summed E-state index contributed by atoms with van der Waals surface area (Å²) >= 11 is 0. The summed E-state index contributed by atoms with van der Waals surface area (Å²) in [6.45, 7) is 6.81. The molecule has 3 unspecified atom stereocenters. The van der Waals surface area contributed by atoms with Crippen LogP contribution in [0.1, 0.15) is 25.5 Å². The molecule has 1 aromatic carbocycles. The molecule has 1 saturated heterocycles. The van der Waals surface area contributed by atoms with Gasteiger partial charge in [0.15, 0.2) is 0 Å². The summed E-state index contributed by atoms with van der Waals surface area (Å²) in [6, 6.07) is 8.51. The van der Waals surface area contributed by atoms with E-state index in [2.05, 4.69) is 30.9 Å². The fourth-order valence-electron chi connectivity index (χ4n) is 2.75. The van der Waals surface area contributed by atoms with Crippen molar-refractivity contribution in [2.45, 2.75) is 32.0 Å². The fraction of sp³-hybridized carbons (Fsp3) is 0.600. The second-order valence-electron chi connectivity index (χ2n) is 5.25. The molecule has 1 fully saturated rings. The molecule has 0 aliphatic carbocycles. The Balaban J connectivity index is 2.18. The van der Waals surface area contributed by atoms with E-state index < -0.39 is 0 Å². The molecule has 0 aromatic heterocycles. The zero-order chi connectivity index (χ0) is 13.8. The topological polar surface area (TPSA) is 47.7 Å². The van der Waals surface area contributed by atoms with Gasteiger partial charge in [0.2, 0.25) is 0 Å². The Kier molecular flexibility index (Phi) is 4.80. The summed E-state index contributed by atoms with van der Waals surface area (Å²) in [5.74, 6) is 0.877. The minimum atomic E-state index is 0.0821. The van der Waals surface area contributed by atoms with E-state index in [9.17, 15) is 0 Å². The summed E-state index contributed by atoms with van der Waals surface area (Å²) in [6.07, 6.45) is 0.272. The molecule has 1 aliphatic heterocycles. The Bertz CT molecular complexity index is 392. The van der Waals surface area contributed by atoms with E-state index in [0.717, 1.165) is 25.4 Å². The van der Waals surface area contributed by atoms with Crippen LogP contribution >= 0.6 is 0 Å². The molecule has 3 atom stereocenters. The van der Waals surface area contributed by atoms with Gasteiger partial charge in [0.1, 0.15) is 5.75 Å². The summed E-state index contributed by atoms with van der Waals surface area (Å²) in [7, 11) is 1.68. The van der Waals surface area contributed by atoms with Crippen LogP contribution in [-0.2, 0) is 4.74 Å². The van der Waals surface area contributed by atoms with Crippen molar-refractivity contribution in [3.8, 4) is 5.75 Å². The Morgan fingerprint density at radius 2 is 2.05 bits per heavy atom. The first-order valence-electron chi connectivity index (χ1n) is 6.87. The lowest BCUT2D eigenvalue weighted by Crippen LogP contribution is -2.47.